The third-order valence-electron chi connectivity index (χ3n) is 4.24. The van der Waals surface area contributed by atoms with Crippen molar-refractivity contribution in [3.05, 3.63) is 81.4 Å². The molecule has 1 amide bonds. The molecule has 0 fully saturated rings. The summed E-state index contributed by atoms with van der Waals surface area (Å²) < 4.78 is 14.5. The summed E-state index contributed by atoms with van der Waals surface area (Å²) in [5, 5.41) is 7.41. The number of aromatic nitrogens is 2. The van der Waals surface area contributed by atoms with Crippen LogP contribution in [0.5, 0.6) is 0 Å². The van der Waals surface area contributed by atoms with E-state index in [0.29, 0.717) is 23.5 Å². The van der Waals surface area contributed by atoms with Gasteiger partial charge in [-0.15, -0.1) is 0 Å². The summed E-state index contributed by atoms with van der Waals surface area (Å²) in [7, 11) is 0. The van der Waals surface area contributed by atoms with Crippen LogP contribution >= 0.6 is 11.6 Å². The van der Waals surface area contributed by atoms with Crippen LogP contribution in [0.3, 0.4) is 0 Å². The average molecular weight is 372 g/mol. The summed E-state index contributed by atoms with van der Waals surface area (Å²) in [4.78, 5) is 12.6. The van der Waals surface area contributed by atoms with Gasteiger partial charge in [0.2, 0.25) is 0 Å². The van der Waals surface area contributed by atoms with E-state index in [4.69, 9.17) is 11.6 Å². The molecule has 1 N–H and O–H groups in total. The first-order chi connectivity index (χ1) is 12.4. The SMILES string of the molecule is Cc1ccc(CNC(=O)c2c(C)nn(-c3ccc(F)cc3)c2Cl)c(C)c1. The zero-order valence-corrected chi connectivity index (χ0v) is 15.6. The van der Waals surface area contributed by atoms with Crippen LogP contribution in [0.2, 0.25) is 5.15 Å². The highest BCUT2D eigenvalue weighted by atomic mass is 35.5. The lowest BCUT2D eigenvalue weighted by atomic mass is 10.1. The average Bonchev–Trinajstić information content (AvgIpc) is 2.89. The Morgan fingerprint density at radius 1 is 1.15 bits per heavy atom. The van der Waals surface area contributed by atoms with Crippen molar-refractivity contribution in [3.8, 4) is 5.69 Å². The van der Waals surface area contributed by atoms with Crippen LogP contribution in [0.1, 0.15) is 32.7 Å². The van der Waals surface area contributed by atoms with Crippen molar-refractivity contribution in [1.29, 1.82) is 0 Å². The van der Waals surface area contributed by atoms with Gasteiger partial charge >= 0.3 is 0 Å². The van der Waals surface area contributed by atoms with Crippen LogP contribution in [0.15, 0.2) is 42.5 Å². The zero-order valence-electron chi connectivity index (χ0n) is 14.8. The highest BCUT2D eigenvalue weighted by molar-refractivity contribution is 6.33. The van der Waals surface area contributed by atoms with Gasteiger partial charge in [-0.2, -0.15) is 5.10 Å². The Balaban J connectivity index is 1.82. The van der Waals surface area contributed by atoms with E-state index in [9.17, 15) is 9.18 Å². The number of nitrogens with one attached hydrogen (secondary N) is 1. The molecule has 0 radical (unpaired) electrons. The molecular weight excluding hydrogens is 353 g/mol. The van der Waals surface area contributed by atoms with Crippen molar-refractivity contribution in [3.63, 3.8) is 0 Å². The molecular formula is C20H19ClFN3O. The number of carbonyl (C=O) groups is 1. The van der Waals surface area contributed by atoms with Gasteiger partial charge in [-0.1, -0.05) is 35.4 Å². The lowest BCUT2D eigenvalue weighted by molar-refractivity contribution is 0.0950. The molecule has 0 aliphatic rings. The lowest BCUT2D eigenvalue weighted by Gasteiger charge is -2.09. The van der Waals surface area contributed by atoms with E-state index in [1.165, 1.54) is 22.4 Å². The first-order valence-corrected chi connectivity index (χ1v) is 8.60. The van der Waals surface area contributed by atoms with E-state index in [1.807, 2.05) is 26.0 Å². The summed E-state index contributed by atoms with van der Waals surface area (Å²) >= 11 is 6.38. The topological polar surface area (TPSA) is 46.9 Å². The minimum atomic E-state index is -0.347. The fourth-order valence-corrected chi connectivity index (χ4v) is 3.18. The van der Waals surface area contributed by atoms with Crippen LogP contribution in [-0.4, -0.2) is 15.7 Å². The summed E-state index contributed by atoms with van der Waals surface area (Å²) in [6, 6.07) is 11.9. The third kappa shape index (κ3) is 3.63. The molecule has 0 saturated carbocycles. The quantitative estimate of drug-likeness (QED) is 0.733. The van der Waals surface area contributed by atoms with E-state index in [2.05, 4.69) is 16.5 Å². The second-order valence-electron chi connectivity index (χ2n) is 6.25. The van der Waals surface area contributed by atoms with Crippen molar-refractivity contribution in [1.82, 2.24) is 15.1 Å². The summed E-state index contributed by atoms with van der Waals surface area (Å²) in [6.45, 7) is 6.17. The molecule has 4 nitrogen and oxygen atoms in total. The Morgan fingerprint density at radius 2 is 1.85 bits per heavy atom. The number of hydrogen-bond acceptors (Lipinski definition) is 2. The molecule has 0 saturated heterocycles. The third-order valence-corrected chi connectivity index (χ3v) is 4.59. The fraction of sp³-hybridized carbons (Fsp3) is 0.200. The normalized spacial score (nSPS) is 10.8. The van der Waals surface area contributed by atoms with Crippen LogP contribution in [0.4, 0.5) is 4.39 Å². The minimum Gasteiger partial charge on any atom is -0.348 e. The van der Waals surface area contributed by atoms with Crippen molar-refractivity contribution in [2.75, 3.05) is 0 Å². The summed E-state index contributed by atoms with van der Waals surface area (Å²) in [5.74, 6) is -0.638. The molecule has 0 bridgehead atoms. The highest BCUT2D eigenvalue weighted by Gasteiger charge is 2.21. The molecule has 26 heavy (non-hydrogen) atoms. The first kappa shape index (κ1) is 18.1. The van der Waals surface area contributed by atoms with Crippen molar-refractivity contribution in [2.24, 2.45) is 0 Å². The first-order valence-electron chi connectivity index (χ1n) is 8.22. The van der Waals surface area contributed by atoms with Gasteiger partial charge < -0.3 is 5.32 Å². The van der Waals surface area contributed by atoms with Gasteiger partial charge in [-0.05, 0) is 56.2 Å². The van der Waals surface area contributed by atoms with E-state index in [-0.39, 0.29) is 16.9 Å². The minimum absolute atomic E-state index is 0.201. The van der Waals surface area contributed by atoms with Crippen molar-refractivity contribution >= 4 is 17.5 Å². The Labute approximate surface area is 156 Å². The highest BCUT2D eigenvalue weighted by Crippen LogP contribution is 2.24. The molecule has 0 aliphatic heterocycles. The van der Waals surface area contributed by atoms with Gasteiger partial charge in [0.05, 0.1) is 16.9 Å². The molecule has 3 aromatic rings. The van der Waals surface area contributed by atoms with Crippen molar-refractivity contribution in [2.45, 2.75) is 27.3 Å². The number of carbonyl (C=O) groups excluding carboxylic acids is 1. The van der Waals surface area contributed by atoms with Gasteiger partial charge in [0.25, 0.3) is 5.91 Å². The second kappa shape index (κ2) is 7.30. The van der Waals surface area contributed by atoms with E-state index in [0.717, 1.165) is 11.1 Å². The number of rotatable bonds is 4. The molecule has 1 heterocycles. The van der Waals surface area contributed by atoms with Gasteiger partial charge in [-0.3, -0.25) is 4.79 Å². The smallest absolute Gasteiger partial charge is 0.256 e. The maximum absolute atomic E-state index is 13.1. The lowest BCUT2D eigenvalue weighted by Crippen LogP contribution is -2.24. The predicted octanol–water partition coefficient (Wildman–Crippen LogP) is 4.52. The van der Waals surface area contributed by atoms with Crippen molar-refractivity contribution < 1.29 is 9.18 Å². The molecule has 0 unspecified atom stereocenters. The van der Waals surface area contributed by atoms with Gasteiger partial charge in [-0.25, -0.2) is 9.07 Å². The number of hydrogen-bond donors (Lipinski definition) is 1. The predicted molar refractivity (Wildman–Crippen MR) is 100 cm³/mol. The largest absolute Gasteiger partial charge is 0.348 e. The van der Waals surface area contributed by atoms with Crippen LogP contribution in [0, 0.1) is 26.6 Å². The fourth-order valence-electron chi connectivity index (χ4n) is 2.82. The summed E-state index contributed by atoms with van der Waals surface area (Å²) in [6.07, 6.45) is 0. The molecule has 2 aromatic carbocycles. The van der Waals surface area contributed by atoms with Crippen LogP contribution < -0.4 is 5.32 Å². The Morgan fingerprint density at radius 3 is 2.50 bits per heavy atom. The molecule has 1 aromatic heterocycles. The summed E-state index contributed by atoms with van der Waals surface area (Å²) in [5.41, 5.74) is 4.77. The molecule has 0 spiro atoms. The van der Waals surface area contributed by atoms with E-state index >= 15 is 0 Å². The zero-order chi connectivity index (χ0) is 18.8. The maximum Gasteiger partial charge on any atom is 0.256 e. The van der Waals surface area contributed by atoms with Gasteiger partial charge in [0.15, 0.2) is 0 Å². The maximum atomic E-state index is 13.1. The number of halogens is 2. The standard InChI is InChI=1S/C20H19ClFN3O/c1-12-4-5-15(13(2)10-12)11-23-20(26)18-14(3)24-25(19(18)21)17-8-6-16(22)7-9-17/h4-10H,11H2,1-3H3,(H,23,26). The van der Waals surface area contributed by atoms with E-state index < -0.39 is 0 Å². The molecule has 0 aliphatic carbocycles. The number of amides is 1. The van der Waals surface area contributed by atoms with Gasteiger partial charge in [0, 0.05) is 6.54 Å². The van der Waals surface area contributed by atoms with Crippen LogP contribution in [-0.2, 0) is 6.54 Å². The van der Waals surface area contributed by atoms with E-state index in [1.54, 1.807) is 19.1 Å². The molecule has 134 valence electrons. The Hall–Kier alpha value is -2.66. The monoisotopic (exact) mass is 371 g/mol. The molecule has 6 heteroatoms. The van der Waals surface area contributed by atoms with Gasteiger partial charge in [0.1, 0.15) is 11.0 Å². The Bertz CT molecular complexity index is 964. The number of nitrogens with zero attached hydrogens (tertiary/aromatic N) is 2. The molecule has 3 rings (SSSR count). The Kier molecular flexibility index (Phi) is 5.09. The molecule has 0 atom stereocenters. The number of benzene rings is 2. The number of aryl methyl sites for hydroxylation is 3. The second-order valence-corrected chi connectivity index (χ2v) is 6.61. The van der Waals surface area contributed by atoms with Crippen LogP contribution in [0.25, 0.3) is 5.69 Å².